The van der Waals surface area contributed by atoms with E-state index in [0.29, 0.717) is 11.0 Å². The molecule has 0 aromatic heterocycles. The molecule has 0 amide bonds. The highest BCUT2D eigenvalue weighted by Crippen LogP contribution is 2.34. The second-order valence-electron chi connectivity index (χ2n) is 8.84. The molecule has 0 heterocycles. The number of ether oxygens (including phenoxy) is 2. The van der Waals surface area contributed by atoms with Crippen molar-refractivity contribution in [2.24, 2.45) is 0 Å². The highest BCUT2D eigenvalue weighted by Gasteiger charge is 2.24. The quantitative estimate of drug-likeness (QED) is 0.712. The van der Waals surface area contributed by atoms with Gasteiger partial charge in [-0.3, -0.25) is 0 Å². The molecule has 0 radical (unpaired) electrons. The zero-order valence-corrected chi connectivity index (χ0v) is 17.5. The third kappa shape index (κ3) is 6.56. The molecule has 27 heavy (non-hydrogen) atoms. The normalized spacial score (nSPS) is 13.3. The van der Waals surface area contributed by atoms with Crippen LogP contribution in [-0.4, -0.2) is 50.1 Å². The van der Waals surface area contributed by atoms with E-state index < -0.39 is 6.10 Å². The van der Waals surface area contributed by atoms with Gasteiger partial charge in [0.1, 0.15) is 37.3 Å². The summed E-state index contributed by atoms with van der Waals surface area (Å²) in [7, 11) is 5.92. The number of hydrogen-bond donors (Lipinski definition) is 1. The second kappa shape index (κ2) is 8.77. The van der Waals surface area contributed by atoms with E-state index in [4.69, 9.17) is 9.47 Å². The van der Waals surface area contributed by atoms with E-state index in [2.05, 4.69) is 47.0 Å². The Kier molecular flexibility index (Phi) is 6.90. The Morgan fingerprint density at radius 2 is 1.70 bits per heavy atom. The van der Waals surface area contributed by atoms with Crippen molar-refractivity contribution in [2.75, 3.05) is 34.4 Å². The first-order valence-electron chi connectivity index (χ1n) is 9.46. The first-order valence-corrected chi connectivity index (χ1v) is 9.46. The van der Waals surface area contributed by atoms with Crippen LogP contribution in [0.4, 0.5) is 0 Å². The maximum Gasteiger partial charge on any atom is 0.137 e. The lowest BCUT2D eigenvalue weighted by Gasteiger charge is -2.32. The number of aliphatic hydroxyl groups excluding tert-OH is 1. The molecular weight excluding hydrogens is 338 g/mol. The summed E-state index contributed by atoms with van der Waals surface area (Å²) in [5.74, 6) is 1.62. The minimum absolute atomic E-state index is 0.0720. The standard InChI is InChI=1S/C23H34NO3/c1-23(2,3)21-14-20(26-6)12-13-22(21)27-17-19(25)16-24(4,5)15-18-10-8-7-9-11-18/h7-14,19,25H,15-17H2,1-6H3/q+1/t19-/m0/s1. The lowest BCUT2D eigenvalue weighted by molar-refractivity contribution is -0.906. The third-order valence-electron chi connectivity index (χ3n) is 4.58. The molecule has 4 nitrogen and oxygen atoms in total. The highest BCUT2D eigenvalue weighted by atomic mass is 16.5. The Morgan fingerprint density at radius 1 is 1.04 bits per heavy atom. The number of likely N-dealkylation sites (N-methyl/N-ethyl adjacent to an activating group) is 1. The van der Waals surface area contributed by atoms with Crippen molar-refractivity contribution in [2.45, 2.75) is 38.8 Å². The van der Waals surface area contributed by atoms with Gasteiger partial charge in [-0.15, -0.1) is 0 Å². The molecule has 2 aromatic rings. The van der Waals surface area contributed by atoms with Crippen LogP contribution in [0.15, 0.2) is 48.5 Å². The van der Waals surface area contributed by atoms with Crippen molar-refractivity contribution in [3.63, 3.8) is 0 Å². The smallest absolute Gasteiger partial charge is 0.137 e. The minimum Gasteiger partial charge on any atom is -0.497 e. The molecule has 1 N–H and O–H groups in total. The average molecular weight is 373 g/mol. The molecule has 0 spiro atoms. The number of benzene rings is 2. The number of hydrogen-bond acceptors (Lipinski definition) is 3. The number of nitrogens with zero attached hydrogens (tertiary/aromatic N) is 1. The Bertz CT molecular complexity index is 720. The largest absolute Gasteiger partial charge is 0.497 e. The Balaban J connectivity index is 2.00. The molecule has 0 unspecified atom stereocenters. The van der Waals surface area contributed by atoms with E-state index in [9.17, 15) is 5.11 Å². The lowest BCUT2D eigenvalue weighted by Crippen LogP contribution is -2.46. The fraction of sp³-hybridized carbons (Fsp3) is 0.478. The molecule has 4 heteroatoms. The zero-order valence-electron chi connectivity index (χ0n) is 17.5. The summed E-state index contributed by atoms with van der Waals surface area (Å²) < 4.78 is 12.0. The van der Waals surface area contributed by atoms with E-state index in [1.54, 1.807) is 7.11 Å². The van der Waals surface area contributed by atoms with Crippen molar-refractivity contribution in [1.82, 2.24) is 0 Å². The van der Waals surface area contributed by atoms with Gasteiger partial charge in [0.25, 0.3) is 0 Å². The molecule has 2 rings (SSSR count). The van der Waals surface area contributed by atoms with Gasteiger partial charge >= 0.3 is 0 Å². The Morgan fingerprint density at radius 3 is 2.30 bits per heavy atom. The summed E-state index contributed by atoms with van der Waals surface area (Å²) in [6.07, 6.45) is -0.543. The van der Waals surface area contributed by atoms with Gasteiger partial charge in [0.05, 0.1) is 21.2 Å². The van der Waals surface area contributed by atoms with E-state index >= 15 is 0 Å². The predicted molar refractivity (Wildman–Crippen MR) is 110 cm³/mol. The molecule has 0 aliphatic heterocycles. The van der Waals surface area contributed by atoms with E-state index in [1.165, 1.54) is 5.56 Å². The topological polar surface area (TPSA) is 38.7 Å². The molecule has 0 bridgehead atoms. The lowest BCUT2D eigenvalue weighted by atomic mass is 9.86. The number of quaternary nitrogens is 1. The van der Waals surface area contributed by atoms with Crippen LogP contribution in [0.1, 0.15) is 31.9 Å². The van der Waals surface area contributed by atoms with E-state index in [-0.39, 0.29) is 12.0 Å². The minimum atomic E-state index is -0.543. The van der Waals surface area contributed by atoms with Gasteiger partial charge in [0.15, 0.2) is 0 Å². The summed E-state index contributed by atoms with van der Waals surface area (Å²) in [5.41, 5.74) is 2.27. The van der Waals surface area contributed by atoms with Crippen molar-refractivity contribution in [3.8, 4) is 11.5 Å². The van der Waals surface area contributed by atoms with Gasteiger partial charge in [-0.1, -0.05) is 51.1 Å². The number of rotatable bonds is 8. The zero-order chi connectivity index (χ0) is 20.1. The SMILES string of the molecule is COc1ccc(OC[C@@H](O)C[N+](C)(C)Cc2ccccc2)c(C(C)(C)C)c1. The Hall–Kier alpha value is -2.04. The molecule has 1 atom stereocenters. The van der Waals surface area contributed by atoms with Gasteiger partial charge < -0.3 is 19.1 Å². The van der Waals surface area contributed by atoms with Crippen LogP contribution in [0.25, 0.3) is 0 Å². The molecule has 0 fully saturated rings. The molecular formula is C23H34NO3+. The summed E-state index contributed by atoms with van der Waals surface area (Å²) >= 11 is 0. The van der Waals surface area contributed by atoms with Crippen LogP contribution < -0.4 is 9.47 Å². The van der Waals surface area contributed by atoms with Crippen molar-refractivity contribution in [3.05, 3.63) is 59.7 Å². The van der Waals surface area contributed by atoms with Crippen LogP contribution in [0, 0.1) is 0 Å². The molecule has 0 saturated heterocycles. The fourth-order valence-electron chi connectivity index (χ4n) is 3.30. The van der Waals surface area contributed by atoms with Crippen molar-refractivity contribution in [1.29, 1.82) is 0 Å². The van der Waals surface area contributed by atoms with Gasteiger partial charge in [0.2, 0.25) is 0 Å². The molecule has 148 valence electrons. The number of aliphatic hydroxyl groups is 1. The van der Waals surface area contributed by atoms with Crippen LogP contribution in [0.5, 0.6) is 11.5 Å². The first-order chi connectivity index (χ1) is 12.6. The average Bonchev–Trinajstić information content (AvgIpc) is 2.59. The third-order valence-corrected chi connectivity index (χ3v) is 4.58. The summed E-state index contributed by atoms with van der Waals surface area (Å²) in [6, 6.07) is 16.2. The van der Waals surface area contributed by atoms with Crippen LogP contribution >= 0.6 is 0 Å². The predicted octanol–water partition coefficient (Wildman–Crippen LogP) is 4.01. The van der Waals surface area contributed by atoms with Gasteiger partial charge in [-0.2, -0.15) is 0 Å². The first kappa shape index (κ1) is 21.3. The fourth-order valence-corrected chi connectivity index (χ4v) is 3.30. The van der Waals surface area contributed by atoms with Gasteiger partial charge in [0, 0.05) is 11.1 Å². The van der Waals surface area contributed by atoms with Crippen LogP contribution in [0.3, 0.4) is 0 Å². The maximum atomic E-state index is 10.6. The van der Waals surface area contributed by atoms with E-state index in [0.717, 1.165) is 23.6 Å². The van der Waals surface area contributed by atoms with Crippen molar-refractivity contribution >= 4 is 0 Å². The molecule has 0 saturated carbocycles. The monoisotopic (exact) mass is 372 g/mol. The molecule has 0 aliphatic rings. The van der Waals surface area contributed by atoms with Crippen molar-refractivity contribution < 1.29 is 19.1 Å². The maximum absolute atomic E-state index is 10.6. The second-order valence-corrected chi connectivity index (χ2v) is 8.84. The van der Waals surface area contributed by atoms with Gasteiger partial charge in [-0.25, -0.2) is 0 Å². The van der Waals surface area contributed by atoms with Gasteiger partial charge in [-0.05, 0) is 23.6 Å². The molecule has 0 aliphatic carbocycles. The Labute approximate surface area is 163 Å². The van der Waals surface area contributed by atoms with E-state index in [1.807, 2.05) is 36.4 Å². The summed E-state index contributed by atoms with van der Waals surface area (Å²) in [6.45, 7) is 8.19. The summed E-state index contributed by atoms with van der Waals surface area (Å²) in [4.78, 5) is 0. The highest BCUT2D eigenvalue weighted by molar-refractivity contribution is 5.44. The summed E-state index contributed by atoms with van der Waals surface area (Å²) in [5, 5.41) is 10.6. The van der Waals surface area contributed by atoms with Crippen LogP contribution in [0.2, 0.25) is 0 Å². The molecule has 2 aromatic carbocycles. The number of methoxy groups -OCH3 is 1. The van der Waals surface area contributed by atoms with Crippen LogP contribution in [-0.2, 0) is 12.0 Å².